The van der Waals surface area contributed by atoms with E-state index in [0.29, 0.717) is 30.0 Å². The summed E-state index contributed by atoms with van der Waals surface area (Å²) >= 11 is 0. The fourth-order valence-corrected chi connectivity index (χ4v) is 2.64. The van der Waals surface area contributed by atoms with Crippen molar-refractivity contribution in [3.05, 3.63) is 59.7 Å². The van der Waals surface area contributed by atoms with Crippen molar-refractivity contribution in [1.29, 1.82) is 0 Å². The topological polar surface area (TPSA) is 109 Å². The van der Waals surface area contributed by atoms with Crippen molar-refractivity contribution in [3.8, 4) is 0 Å². The average Bonchev–Trinajstić information content (AvgIpc) is 2.78. The molecule has 8 nitrogen and oxygen atoms in total. The molecule has 0 bridgehead atoms. The summed E-state index contributed by atoms with van der Waals surface area (Å²) in [7, 11) is 1.56. The van der Waals surface area contributed by atoms with E-state index in [-0.39, 0.29) is 30.3 Å². The minimum absolute atomic E-state index is 0.0443. The molecule has 0 radical (unpaired) electrons. The zero-order chi connectivity index (χ0) is 22.6. The molecule has 1 atom stereocenters. The summed E-state index contributed by atoms with van der Waals surface area (Å²) in [5, 5.41) is 11.4. The van der Waals surface area contributed by atoms with Gasteiger partial charge >= 0.3 is 0 Å². The molecule has 0 aliphatic heterocycles. The van der Waals surface area contributed by atoms with Gasteiger partial charge in [-0.25, -0.2) is 0 Å². The van der Waals surface area contributed by atoms with Crippen molar-refractivity contribution in [2.24, 2.45) is 0 Å². The first-order chi connectivity index (χ1) is 14.9. The summed E-state index contributed by atoms with van der Waals surface area (Å²) in [5.74, 6) is -0.607. The van der Waals surface area contributed by atoms with Gasteiger partial charge in [-0.3, -0.25) is 14.4 Å². The summed E-state index contributed by atoms with van der Waals surface area (Å²) < 4.78 is 4.91. The number of nitrogens with one attached hydrogen (secondary N) is 4. The van der Waals surface area contributed by atoms with Gasteiger partial charge in [0.25, 0.3) is 11.8 Å². The van der Waals surface area contributed by atoms with Crippen LogP contribution in [0.5, 0.6) is 0 Å². The summed E-state index contributed by atoms with van der Waals surface area (Å²) in [6.45, 7) is 4.85. The zero-order valence-electron chi connectivity index (χ0n) is 18.2. The molecule has 0 saturated heterocycles. The summed E-state index contributed by atoms with van der Waals surface area (Å²) in [6, 6.07) is 13.8. The normalized spacial score (nSPS) is 11.3. The number of ether oxygens (including phenoxy) is 1. The predicted molar refractivity (Wildman–Crippen MR) is 121 cm³/mol. The Morgan fingerprint density at radius 1 is 0.968 bits per heavy atom. The SMILES string of the molecule is CCC(C)NC(=O)c1ccc(NCC(=O)Nc2cccc(C(=O)NCCOC)c2)cc1. The highest BCUT2D eigenvalue weighted by molar-refractivity contribution is 5.98. The first-order valence-corrected chi connectivity index (χ1v) is 10.2. The van der Waals surface area contributed by atoms with Crippen LogP contribution in [-0.4, -0.2) is 50.6 Å². The van der Waals surface area contributed by atoms with E-state index in [1.165, 1.54) is 0 Å². The molecule has 31 heavy (non-hydrogen) atoms. The Hall–Kier alpha value is -3.39. The lowest BCUT2D eigenvalue weighted by molar-refractivity contribution is -0.114. The third-order valence-electron chi connectivity index (χ3n) is 4.59. The Balaban J connectivity index is 1.84. The second kappa shape index (κ2) is 12.3. The minimum atomic E-state index is -0.254. The number of benzene rings is 2. The van der Waals surface area contributed by atoms with E-state index in [1.807, 2.05) is 13.8 Å². The Morgan fingerprint density at radius 3 is 2.39 bits per heavy atom. The van der Waals surface area contributed by atoms with E-state index >= 15 is 0 Å². The lowest BCUT2D eigenvalue weighted by Crippen LogP contribution is -2.31. The first kappa shape index (κ1) is 23.9. The molecular formula is C23H30N4O4. The molecule has 3 amide bonds. The predicted octanol–water partition coefficient (Wildman–Crippen LogP) is 2.64. The molecule has 166 valence electrons. The number of carbonyl (C=O) groups is 3. The molecule has 1 unspecified atom stereocenters. The maximum atomic E-state index is 12.3. The monoisotopic (exact) mass is 426 g/mol. The largest absolute Gasteiger partial charge is 0.383 e. The summed E-state index contributed by atoms with van der Waals surface area (Å²) in [4.78, 5) is 36.5. The van der Waals surface area contributed by atoms with Gasteiger partial charge in [0.2, 0.25) is 5.91 Å². The van der Waals surface area contributed by atoms with Gasteiger partial charge in [-0.2, -0.15) is 0 Å². The number of hydrogen-bond acceptors (Lipinski definition) is 5. The van der Waals surface area contributed by atoms with E-state index in [9.17, 15) is 14.4 Å². The second-order valence-corrected chi connectivity index (χ2v) is 7.09. The van der Waals surface area contributed by atoms with Gasteiger partial charge in [0.05, 0.1) is 13.2 Å². The van der Waals surface area contributed by atoms with E-state index in [0.717, 1.165) is 12.1 Å². The molecule has 2 aromatic rings. The molecule has 2 aromatic carbocycles. The summed E-state index contributed by atoms with van der Waals surface area (Å²) in [6.07, 6.45) is 0.863. The standard InChI is InChI=1S/C23H30N4O4/c1-4-16(2)26-23(30)17-8-10-19(11-9-17)25-15-21(28)27-20-7-5-6-18(14-20)22(29)24-12-13-31-3/h5-11,14,16,25H,4,12-13,15H2,1-3H3,(H,24,29)(H,26,30)(H,27,28). The number of amides is 3. The van der Waals surface area contributed by atoms with Crippen molar-refractivity contribution in [2.45, 2.75) is 26.3 Å². The van der Waals surface area contributed by atoms with Gasteiger partial charge in [0, 0.05) is 42.2 Å². The Labute approximate surface area is 182 Å². The van der Waals surface area contributed by atoms with E-state index in [1.54, 1.807) is 55.6 Å². The van der Waals surface area contributed by atoms with Crippen molar-refractivity contribution in [1.82, 2.24) is 10.6 Å². The number of methoxy groups -OCH3 is 1. The molecule has 0 aromatic heterocycles. The van der Waals surface area contributed by atoms with E-state index < -0.39 is 0 Å². The highest BCUT2D eigenvalue weighted by Crippen LogP contribution is 2.12. The van der Waals surface area contributed by atoms with Crippen molar-refractivity contribution < 1.29 is 19.1 Å². The van der Waals surface area contributed by atoms with Gasteiger partial charge in [-0.15, -0.1) is 0 Å². The smallest absolute Gasteiger partial charge is 0.251 e. The third-order valence-corrected chi connectivity index (χ3v) is 4.59. The van der Waals surface area contributed by atoms with Gasteiger partial charge in [-0.05, 0) is 55.8 Å². The molecule has 0 heterocycles. The van der Waals surface area contributed by atoms with Crippen LogP contribution in [0.15, 0.2) is 48.5 Å². The molecule has 8 heteroatoms. The molecule has 0 fully saturated rings. The van der Waals surface area contributed by atoms with Crippen molar-refractivity contribution in [3.63, 3.8) is 0 Å². The van der Waals surface area contributed by atoms with Crippen LogP contribution in [0.25, 0.3) is 0 Å². The third kappa shape index (κ3) is 8.10. The number of carbonyl (C=O) groups excluding carboxylic acids is 3. The number of anilines is 2. The van der Waals surface area contributed by atoms with Gasteiger partial charge in [-0.1, -0.05) is 13.0 Å². The molecule has 4 N–H and O–H groups in total. The van der Waals surface area contributed by atoms with Gasteiger partial charge in [0.1, 0.15) is 0 Å². The lowest BCUT2D eigenvalue weighted by atomic mass is 10.1. The van der Waals surface area contributed by atoms with Crippen LogP contribution in [-0.2, 0) is 9.53 Å². The maximum absolute atomic E-state index is 12.3. The maximum Gasteiger partial charge on any atom is 0.251 e. The fraction of sp³-hybridized carbons (Fsp3) is 0.348. The molecule has 0 aliphatic carbocycles. The quantitative estimate of drug-likeness (QED) is 0.413. The van der Waals surface area contributed by atoms with Crippen LogP contribution in [0.1, 0.15) is 41.0 Å². The first-order valence-electron chi connectivity index (χ1n) is 10.2. The second-order valence-electron chi connectivity index (χ2n) is 7.09. The van der Waals surface area contributed by atoms with Crippen LogP contribution >= 0.6 is 0 Å². The van der Waals surface area contributed by atoms with Crippen LogP contribution in [0, 0.1) is 0 Å². The summed E-state index contributed by atoms with van der Waals surface area (Å²) in [5.41, 5.74) is 2.27. The van der Waals surface area contributed by atoms with Crippen LogP contribution in [0.3, 0.4) is 0 Å². The van der Waals surface area contributed by atoms with Crippen molar-refractivity contribution >= 4 is 29.1 Å². The highest BCUT2D eigenvalue weighted by Gasteiger charge is 2.10. The van der Waals surface area contributed by atoms with Crippen molar-refractivity contribution in [2.75, 3.05) is 37.4 Å². The number of rotatable bonds is 11. The van der Waals surface area contributed by atoms with Crippen LogP contribution in [0.2, 0.25) is 0 Å². The average molecular weight is 427 g/mol. The molecule has 0 saturated carbocycles. The molecule has 0 aliphatic rings. The Bertz CT molecular complexity index is 883. The molecule has 2 rings (SSSR count). The molecule has 0 spiro atoms. The van der Waals surface area contributed by atoms with Crippen LogP contribution in [0.4, 0.5) is 11.4 Å². The Morgan fingerprint density at radius 2 is 1.71 bits per heavy atom. The molecular weight excluding hydrogens is 396 g/mol. The fourth-order valence-electron chi connectivity index (χ4n) is 2.64. The lowest BCUT2D eigenvalue weighted by Gasteiger charge is -2.12. The van der Waals surface area contributed by atoms with Gasteiger partial charge in [0.15, 0.2) is 0 Å². The van der Waals surface area contributed by atoms with Gasteiger partial charge < -0.3 is 26.0 Å². The minimum Gasteiger partial charge on any atom is -0.383 e. The number of hydrogen-bond donors (Lipinski definition) is 4. The highest BCUT2D eigenvalue weighted by atomic mass is 16.5. The van der Waals surface area contributed by atoms with E-state index in [4.69, 9.17) is 4.74 Å². The zero-order valence-corrected chi connectivity index (χ0v) is 18.2. The van der Waals surface area contributed by atoms with Crippen LogP contribution < -0.4 is 21.3 Å². The Kier molecular flexibility index (Phi) is 9.51. The van der Waals surface area contributed by atoms with E-state index in [2.05, 4.69) is 21.3 Å².